The fraction of sp³-hybridized carbons (Fsp3) is 0.625. The Labute approximate surface area is 137 Å². The van der Waals surface area contributed by atoms with Gasteiger partial charge in [-0.1, -0.05) is 6.92 Å². The van der Waals surface area contributed by atoms with Gasteiger partial charge in [-0.25, -0.2) is 0 Å². The van der Waals surface area contributed by atoms with E-state index in [9.17, 15) is 0 Å². The Morgan fingerprint density at radius 2 is 1.86 bits per heavy atom. The summed E-state index contributed by atoms with van der Waals surface area (Å²) in [6.45, 7) is 5.31. The quantitative estimate of drug-likeness (QED) is 0.517. The third-order valence-corrected chi connectivity index (χ3v) is 5.08. The molecule has 1 N–H and O–H groups in total. The lowest BCUT2D eigenvalue weighted by molar-refractivity contribution is 0.353. The summed E-state index contributed by atoms with van der Waals surface area (Å²) in [7, 11) is 3.35. The van der Waals surface area contributed by atoms with E-state index in [1.807, 2.05) is 11.8 Å². The minimum Gasteiger partial charge on any atom is -0.493 e. The van der Waals surface area contributed by atoms with Crippen molar-refractivity contribution in [1.82, 2.24) is 5.32 Å². The van der Waals surface area contributed by atoms with Gasteiger partial charge < -0.3 is 14.8 Å². The molecule has 0 bridgehead atoms. The van der Waals surface area contributed by atoms with E-state index in [4.69, 9.17) is 9.47 Å². The molecule has 0 fully saturated rings. The van der Waals surface area contributed by atoms with E-state index < -0.39 is 0 Å². The van der Waals surface area contributed by atoms with Crippen molar-refractivity contribution in [1.29, 1.82) is 0 Å². The zero-order chi connectivity index (χ0) is 15.7. The monoisotopic (exact) mass is 329 g/mol. The number of benzene rings is 1. The molecule has 0 aliphatic heterocycles. The van der Waals surface area contributed by atoms with Gasteiger partial charge in [-0.3, -0.25) is 0 Å². The molecule has 0 radical (unpaired) electrons. The van der Waals surface area contributed by atoms with Crippen LogP contribution in [-0.4, -0.2) is 38.0 Å². The maximum absolute atomic E-state index is 5.40. The predicted octanol–water partition coefficient (Wildman–Crippen LogP) is 4.05. The van der Waals surface area contributed by atoms with Crippen LogP contribution >= 0.6 is 23.5 Å². The molecular weight excluding hydrogens is 302 g/mol. The first-order valence-corrected chi connectivity index (χ1v) is 9.64. The molecule has 0 saturated heterocycles. The van der Waals surface area contributed by atoms with E-state index in [0.717, 1.165) is 18.0 Å². The summed E-state index contributed by atoms with van der Waals surface area (Å²) in [5.74, 6) is 3.99. The molecule has 1 atom stereocenters. The van der Waals surface area contributed by atoms with E-state index >= 15 is 0 Å². The van der Waals surface area contributed by atoms with Gasteiger partial charge in [0.25, 0.3) is 0 Å². The van der Waals surface area contributed by atoms with Gasteiger partial charge in [-0.2, -0.15) is 11.8 Å². The zero-order valence-corrected chi connectivity index (χ0v) is 15.3. The van der Waals surface area contributed by atoms with Crippen molar-refractivity contribution in [3.8, 4) is 11.5 Å². The molecule has 1 unspecified atom stereocenters. The SMILES string of the molecule is CCSCCC(C)NCc1cc(OC)c(OC)cc1SC. The molecular formula is C16H27NO2S2. The smallest absolute Gasteiger partial charge is 0.161 e. The first kappa shape index (κ1) is 18.5. The lowest BCUT2D eigenvalue weighted by Gasteiger charge is -2.17. The van der Waals surface area contributed by atoms with Gasteiger partial charge in [0.2, 0.25) is 0 Å². The molecule has 0 saturated carbocycles. The van der Waals surface area contributed by atoms with Crippen LogP contribution in [0.15, 0.2) is 17.0 Å². The predicted molar refractivity (Wildman–Crippen MR) is 95.2 cm³/mol. The average molecular weight is 330 g/mol. The topological polar surface area (TPSA) is 30.5 Å². The fourth-order valence-corrected chi connectivity index (χ4v) is 3.45. The molecule has 0 aliphatic rings. The molecule has 3 nitrogen and oxygen atoms in total. The van der Waals surface area contributed by atoms with Gasteiger partial charge in [0, 0.05) is 17.5 Å². The number of methoxy groups -OCH3 is 2. The number of rotatable bonds is 10. The summed E-state index contributed by atoms with van der Waals surface area (Å²) in [6, 6.07) is 4.65. The summed E-state index contributed by atoms with van der Waals surface area (Å²) >= 11 is 3.73. The number of hydrogen-bond donors (Lipinski definition) is 1. The second-order valence-corrected chi connectivity index (χ2v) is 7.03. The second-order valence-electron chi connectivity index (χ2n) is 4.79. The minimum atomic E-state index is 0.520. The summed E-state index contributed by atoms with van der Waals surface area (Å²) in [5, 5.41) is 3.60. The van der Waals surface area contributed by atoms with Gasteiger partial charge in [-0.15, -0.1) is 11.8 Å². The third kappa shape index (κ3) is 6.01. The molecule has 0 spiro atoms. The largest absolute Gasteiger partial charge is 0.493 e. The van der Waals surface area contributed by atoms with Gasteiger partial charge in [0.15, 0.2) is 11.5 Å². The molecule has 1 aromatic carbocycles. The van der Waals surface area contributed by atoms with Gasteiger partial charge in [0.1, 0.15) is 0 Å². The maximum atomic E-state index is 5.40. The van der Waals surface area contributed by atoms with Crippen molar-refractivity contribution in [3.63, 3.8) is 0 Å². The first-order chi connectivity index (χ1) is 10.2. The number of thioether (sulfide) groups is 2. The standard InChI is InChI=1S/C16H27NO2S2/c1-6-21-8-7-12(2)17-11-13-9-14(18-3)15(19-4)10-16(13)20-5/h9-10,12,17H,6-8,11H2,1-5H3. The van der Waals surface area contributed by atoms with Crippen molar-refractivity contribution in [2.75, 3.05) is 32.0 Å². The molecule has 0 aromatic heterocycles. The number of nitrogens with one attached hydrogen (secondary N) is 1. The molecule has 5 heteroatoms. The summed E-state index contributed by atoms with van der Waals surface area (Å²) < 4.78 is 10.8. The lowest BCUT2D eigenvalue weighted by atomic mass is 10.1. The summed E-state index contributed by atoms with van der Waals surface area (Å²) in [6.07, 6.45) is 3.28. The van der Waals surface area contributed by atoms with Crippen LogP contribution in [0.2, 0.25) is 0 Å². The van der Waals surface area contributed by atoms with Crippen LogP contribution in [0, 0.1) is 0 Å². The van der Waals surface area contributed by atoms with Crippen LogP contribution in [0.1, 0.15) is 25.8 Å². The average Bonchev–Trinajstić information content (AvgIpc) is 2.52. The van der Waals surface area contributed by atoms with Crippen molar-refractivity contribution >= 4 is 23.5 Å². The van der Waals surface area contributed by atoms with E-state index in [1.54, 1.807) is 26.0 Å². The molecule has 21 heavy (non-hydrogen) atoms. The molecule has 120 valence electrons. The van der Waals surface area contributed by atoms with Gasteiger partial charge in [0.05, 0.1) is 14.2 Å². The van der Waals surface area contributed by atoms with Crippen LogP contribution in [0.4, 0.5) is 0 Å². The maximum Gasteiger partial charge on any atom is 0.161 e. The highest BCUT2D eigenvalue weighted by molar-refractivity contribution is 7.99. The summed E-state index contributed by atoms with van der Waals surface area (Å²) in [5.41, 5.74) is 1.26. The third-order valence-electron chi connectivity index (χ3n) is 3.33. The van der Waals surface area contributed by atoms with Crippen molar-refractivity contribution in [2.45, 2.75) is 37.8 Å². The summed E-state index contributed by atoms with van der Waals surface area (Å²) in [4.78, 5) is 1.23. The Bertz CT molecular complexity index is 427. The van der Waals surface area contributed by atoms with E-state index in [2.05, 4.69) is 37.6 Å². The van der Waals surface area contributed by atoms with Crippen LogP contribution in [0.3, 0.4) is 0 Å². The Morgan fingerprint density at radius 1 is 1.19 bits per heavy atom. The second kappa shape index (κ2) is 10.2. The van der Waals surface area contributed by atoms with Crippen molar-refractivity contribution in [3.05, 3.63) is 17.7 Å². The molecule has 1 rings (SSSR count). The highest BCUT2D eigenvalue weighted by Crippen LogP contribution is 2.34. The zero-order valence-electron chi connectivity index (χ0n) is 13.7. The van der Waals surface area contributed by atoms with Crippen LogP contribution < -0.4 is 14.8 Å². The Morgan fingerprint density at radius 3 is 2.43 bits per heavy atom. The normalized spacial score (nSPS) is 12.2. The van der Waals surface area contributed by atoms with E-state index in [-0.39, 0.29) is 0 Å². The minimum absolute atomic E-state index is 0.520. The Kier molecular flexibility index (Phi) is 9.04. The highest BCUT2D eigenvalue weighted by atomic mass is 32.2. The lowest BCUT2D eigenvalue weighted by Crippen LogP contribution is -2.26. The van der Waals surface area contributed by atoms with Gasteiger partial charge in [-0.05, 0) is 48.8 Å². The molecule has 0 amide bonds. The van der Waals surface area contributed by atoms with Crippen molar-refractivity contribution < 1.29 is 9.47 Å². The highest BCUT2D eigenvalue weighted by Gasteiger charge is 2.11. The van der Waals surface area contributed by atoms with Crippen LogP contribution in [0.25, 0.3) is 0 Å². The van der Waals surface area contributed by atoms with E-state index in [0.29, 0.717) is 6.04 Å². The Hall–Kier alpha value is -0.520. The van der Waals surface area contributed by atoms with E-state index in [1.165, 1.54) is 28.4 Å². The Balaban J connectivity index is 2.68. The molecule has 0 heterocycles. The fourth-order valence-electron chi connectivity index (χ4n) is 2.02. The molecule has 1 aromatic rings. The van der Waals surface area contributed by atoms with Crippen molar-refractivity contribution in [2.24, 2.45) is 0 Å². The first-order valence-electron chi connectivity index (χ1n) is 7.26. The number of hydrogen-bond acceptors (Lipinski definition) is 5. The molecule has 0 aliphatic carbocycles. The van der Waals surface area contributed by atoms with Crippen LogP contribution in [-0.2, 0) is 6.54 Å². The van der Waals surface area contributed by atoms with Crippen LogP contribution in [0.5, 0.6) is 11.5 Å². The van der Waals surface area contributed by atoms with Gasteiger partial charge >= 0.3 is 0 Å². The number of ether oxygens (including phenoxy) is 2.